The molecule has 30 heavy (non-hydrogen) atoms. The third-order valence-electron chi connectivity index (χ3n) is 5.23. The number of ether oxygens (including phenoxy) is 4. The number of hydrogen-bond acceptors (Lipinski definition) is 6. The maximum Gasteiger partial charge on any atom is 0.254 e. The van der Waals surface area contributed by atoms with E-state index in [-0.39, 0.29) is 11.7 Å². The fourth-order valence-corrected chi connectivity index (χ4v) is 3.25. The minimum atomic E-state index is -0.853. The Bertz CT molecular complexity index is 467. The Morgan fingerprint density at radius 3 is 1.80 bits per heavy atom. The summed E-state index contributed by atoms with van der Waals surface area (Å²) in [7, 11) is 0. The van der Waals surface area contributed by atoms with Gasteiger partial charge < -0.3 is 23.8 Å². The van der Waals surface area contributed by atoms with Crippen molar-refractivity contribution in [2.45, 2.75) is 91.0 Å². The lowest BCUT2D eigenvalue weighted by atomic mass is 10.00. The van der Waals surface area contributed by atoms with Gasteiger partial charge in [0, 0.05) is 39.3 Å². The molecule has 0 saturated carbocycles. The predicted molar refractivity (Wildman–Crippen MR) is 117 cm³/mol. The third kappa shape index (κ3) is 9.41. The summed E-state index contributed by atoms with van der Waals surface area (Å²) in [4.78, 5) is 28.0. The first kappa shape index (κ1) is 27.0. The van der Waals surface area contributed by atoms with E-state index in [0.29, 0.717) is 52.5 Å². The van der Waals surface area contributed by atoms with Crippen LogP contribution in [0.5, 0.6) is 0 Å². The highest BCUT2D eigenvalue weighted by Crippen LogP contribution is 2.20. The molecule has 0 unspecified atom stereocenters. The van der Waals surface area contributed by atoms with Crippen LogP contribution in [0.3, 0.4) is 0 Å². The summed E-state index contributed by atoms with van der Waals surface area (Å²) in [5.74, 6) is -0.185. The van der Waals surface area contributed by atoms with Crippen molar-refractivity contribution in [3.63, 3.8) is 0 Å². The van der Waals surface area contributed by atoms with Crippen molar-refractivity contribution in [1.29, 1.82) is 0 Å². The summed E-state index contributed by atoms with van der Waals surface area (Å²) in [6, 6.07) is 0. The third-order valence-corrected chi connectivity index (χ3v) is 5.23. The van der Waals surface area contributed by atoms with E-state index >= 15 is 0 Å². The van der Waals surface area contributed by atoms with Crippen molar-refractivity contribution < 1.29 is 28.5 Å². The molecule has 7 nitrogen and oxygen atoms in total. The maximum absolute atomic E-state index is 13.4. The van der Waals surface area contributed by atoms with Crippen molar-refractivity contribution in [3.8, 4) is 0 Å². The van der Waals surface area contributed by atoms with Gasteiger partial charge in [-0.05, 0) is 19.3 Å². The topological polar surface area (TPSA) is 74.3 Å². The number of hydrogen-bond donors (Lipinski definition) is 0. The molecule has 7 heteroatoms. The van der Waals surface area contributed by atoms with Gasteiger partial charge in [0.15, 0.2) is 11.9 Å². The number of unbranched alkanes of at least 4 members (excludes halogenated alkanes) is 3. The van der Waals surface area contributed by atoms with E-state index in [0.717, 1.165) is 38.5 Å². The van der Waals surface area contributed by atoms with Crippen molar-refractivity contribution in [2.24, 2.45) is 0 Å². The number of nitrogens with zero attached hydrogens (tertiary/aromatic N) is 1. The van der Waals surface area contributed by atoms with E-state index in [2.05, 4.69) is 20.8 Å². The Balaban J connectivity index is 3.11. The molecular formula is C23H43NO6. The van der Waals surface area contributed by atoms with E-state index in [1.807, 2.05) is 6.92 Å². The standard InChI is InChI=1S/C23H43NO6/c1-5-9-14-28-20(19(25)8-4)21(29-15-10-6-2)22(30-16-11-7-3)23(26)24-12-17-27-18-13-24/h20-22H,5-18H2,1-4H3/t20-,21+,22-/m1/s1. The van der Waals surface area contributed by atoms with Crippen molar-refractivity contribution in [3.05, 3.63) is 0 Å². The lowest BCUT2D eigenvalue weighted by Crippen LogP contribution is -2.56. The van der Waals surface area contributed by atoms with Gasteiger partial charge in [0.05, 0.1) is 13.2 Å². The SMILES string of the molecule is CCCCO[C@@H]([C@H](OCCCC)C(=O)CC)[C@@H](OCCCC)C(=O)N1CCOCC1. The van der Waals surface area contributed by atoms with Crippen LogP contribution >= 0.6 is 0 Å². The van der Waals surface area contributed by atoms with Gasteiger partial charge in [-0.2, -0.15) is 0 Å². The summed E-state index contributed by atoms with van der Waals surface area (Å²) in [6.45, 7) is 11.5. The quantitative estimate of drug-likeness (QED) is 0.330. The summed E-state index contributed by atoms with van der Waals surface area (Å²) in [5.41, 5.74) is 0. The first-order valence-corrected chi connectivity index (χ1v) is 11.8. The van der Waals surface area contributed by atoms with Gasteiger partial charge in [0.1, 0.15) is 12.2 Å². The van der Waals surface area contributed by atoms with E-state index in [9.17, 15) is 9.59 Å². The number of carbonyl (C=O) groups excluding carboxylic acids is 2. The number of amides is 1. The van der Waals surface area contributed by atoms with Gasteiger partial charge in [-0.25, -0.2) is 0 Å². The molecule has 176 valence electrons. The zero-order chi connectivity index (χ0) is 22.2. The van der Waals surface area contributed by atoms with Crippen LogP contribution in [0.2, 0.25) is 0 Å². The van der Waals surface area contributed by atoms with Gasteiger partial charge in [-0.15, -0.1) is 0 Å². The molecule has 1 heterocycles. The van der Waals surface area contributed by atoms with Gasteiger partial charge in [-0.3, -0.25) is 9.59 Å². The van der Waals surface area contributed by atoms with Crippen molar-refractivity contribution >= 4 is 11.7 Å². The van der Waals surface area contributed by atoms with E-state index in [1.54, 1.807) is 4.90 Å². The second-order valence-electron chi connectivity index (χ2n) is 7.74. The molecular weight excluding hydrogens is 386 g/mol. The fourth-order valence-electron chi connectivity index (χ4n) is 3.25. The largest absolute Gasteiger partial charge is 0.378 e. The summed E-state index contributed by atoms with van der Waals surface area (Å²) in [5, 5.41) is 0. The highest BCUT2D eigenvalue weighted by Gasteiger charge is 2.41. The lowest BCUT2D eigenvalue weighted by Gasteiger charge is -2.36. The first-order chi connectivity index (χ1) is 14.6. The Hall–Kier alpha value is -1.02. The average molecular weight is 430 g/mol. The number of ketones is 1. The first-order valence-electron chi connectivity index (χ1n) is 11.8. The molecule has 0 aromatic heterocycles. The Morgan fingerprint density at radius 2 is 1.30 bits per heavy atom. The highest BCUT2D eigenvalue weighted by atomic mass is 16.6. The molecule has 1 aliphatic rings. The summed E-state index contributed by atoms with van der Waals surface area (Å²) < 4.78 is 23.6. The monoisotopic (exact) mass is 429 g/mol. The second-order valence-corrected chi connectivity index (χ2v) is 7.74. The molecule has 1 saturated heterocycles. The smallest absolute Gasteiger partial charge is 0.254 e. The number of carbonyl (C=O) groups is 2. The Kier molecular flexibility index (Phi) is 15.0. The van der Waals surface area contributed by atoms with Crippen LogP contribution in [0.25, 0.3) is 0 Å². The molecule has 0 bridgehead atoms. The molecule has 0 N–H and O–H groups in total. The van der Waals surface area contributed by atoms with E-state index in [4.69, 9.17) is 18.9 Å². The van der Waals surface area contributed by atoms with Gasteiger partial charge in [0.2, 0.25) is 0 Å². The second kappa shape index (κ2) is 16.6. The number of Topliss-reactive ketones (excluding diaryl/α,β-unsaturated/α-hetero) is 1. The van der Waals surface area contributed by atoms with Gasteiger partial charge in [-0.1, -0.05) is 47.0 Å². The average Bonchev–Trinajstić information content (AvgIpc) is 2.78. The molecule has 1 amide bonds. The summed E-state index contributed by atoms with van der Waals surface area (Å²) >= 11 is 0. The van der Waals surface area contributed by atoms with Gasteiger partial charge in [0.25, 0.3) is 5.91 Å². The van der Waals surface area contributed by atoms with Crippen LogP contribution in [-0.4, -0.2) is 81.0 Å². The zero-order valence-corrected chi connectivity index (χ0v) is 19.5. The van der Waals surface area contributed by atoms with Crippen LogP contribution in [0.15, 0.2) is 0 Å². The van der Waals surface area contributed by atoms with E-state index < -0.39 is 18.3 Å². The molecule has 0 aromatic carbocycles. The molecule has 0 aromatic rings. The number of morpholine rings is 1. The molecule has 0 radical (unpaired) electrons. The molecule has 1 rings (SSSR count). The lowest BCUT2D eigenvalue weighted by molar-refractivity contribution is -0.177. The normalized spacial score (nSPS) is 17.5. The fraction of sp³-hybridized carbons (Fsp3) is 0.913. The Morgan fingerprint density at radius 1 is 0.800 bits per heavy atom. The highest BCUT2D eigenvalue weighted by molar-refractivity contribution is 5.87. The van der Waals surface area contributed by atoms with Crippen LogP contribution < -0.4 is 0 Å². The Labute approximate surface area is 182 Å². The van der Waals surface area contributed by atoms with Crippen molar-refractivity contribution in [2.75, 3.05) is 46.1 Å². The van der Waals surface area contributed by atoms with Crippen molar-refractivity contribution in [1.82, 2.24) is 4.90 Å². The molecule has 1 fully saturated rings. The summed E-state index contributed by atoms with van der Waals surface area (Å²) in [6.07, 6.45) is 3.39. The number of rotatable bonds is 17. The molecule has 3 atom stereocenters. The molecule has 0 aliphatic carbocycles. The van der Waals surface area contributed by atoms with Crippen LogP contribution in [0.4, 0.5) is 0 Å². The molecule has 1 aliphatic heterocycles. The van der Waals surface area contributed by atoms with Crippen LogP contribution in [-0.2, 0) is 28.5 Å². The predicted octanol–water partition coefficient (Wildman–Crippen LogP) is 3.38. The van der Waals surface area contributed by atoms with Gasteiger partial charge >= 0.3 is 0 Å². The molecule has 0 spiro atoms. The zero-order valence-electron chi connectivity index (χ0n) is 19.5. The minimum absolute atomic E-state index is 0.0496. The van der Waals surface area contributed by atoms with Crippen LogP contribution in [0, 0.1) is 0 Å². The maximum atomic E-state index is 13.4. The van der Waals surface area contributed by atoms with Crippen LogP contribution in [0.1, 0.15) is 72.6 Å². The minimum Gasteiger partial charge on any atom is -0.378 e. The van der Waals surface area contributed by atoms with E-state index in [1.165, 1.54) is 0 Å².